The van der Waals surface area contributed by atoms with E-state index in [2.05, 4.69) is 54.5 Å². The van der Waals surface area contributed by atoms with Gasteiger partial charge >= 0.3 is 0 Å². The Kier molecular flexibility index (Phi) is 5.89. The third-order valence-corrected chi connectivity index (χ3v) is 5.84. The number of hydrogen-bond donors (Lipinski definition) is 1. The van der Waals surface area contributed by atoms with Crippen LogP contribution in [0.15, 0.2) is 31.8 Å². The van der Waals surface area contributed by atoms with Gasteiger partial charge in [0.05, 0.1) is 0 Å². The number of thioether (sulfide) groups is 1. The highest BCUT2D eigenvalue weighted by molar-refractivity contribution is 8.03. The average Bonchev–Trinajstić information content (AvgIpc) is 2.87. The summed E-state index contributed by atoms with van der Waals surface area (Å²) >= 11 is 4.98. The molecular weight excluding hydrogens is 306 g/mol. The fourth-order valence-corrected chi connectivity index (χ4v) is 4.14. The molecule has 0 atom stereocenters. The number of hydrogen-bond acceptors (Lipinski definition) is 6. The number of nitrogens with zero attached hydrogens (tertiary/aromatic N) is 2. The summed E-state index contributed by atoms with van der Waals surface area (Å²) in [7, 11) is 0. The molecule has 0 bridgehead atoms. The smallest absolute Gasteiger partial charge is 0.179 e. The van der Waals surface area contributed by atoms with Gasteiger partial charge < -0.3 is 5.32 Å². The molecule has 0 aliphatic heterocycles. The third kappa shape index (κ3) is 4.48. The van der Waals surface area contributed by atoms with E-state index in [0.29, 0.717) is 6.04 Å². The molecule has 0 unspecified atom stereocenters. The molecule has 0 aliphatic carbocycles. The zero-order valence-corrected chi connectivity index (χ0v) is 14.6. The molecule has 1 N–H and O–H groups in total. The van der Waals surface area contributed by atoms with Gasteiger partial charge in [-0.15, -0.1) is 10.2 Å². The number of aromatic nitrogens is 2. The molecule has 3 nitrogen and oxygen atoms in total. The summed E-state index contributed by atoms with van der Waals surface area (Å²) in [5.74, 6) is 0. The van der Waals surface area contributed by atoms with Crippen molar-refractivity contribution in [3.8, 4) is 0 Å². The van der Waals surface area contributed by atoms with Crippen LogP contribution in [0.1, 0.15) is 25.0 Å². The zero-order valence-electron chi connectivity index (χ0n) is 12.1. The van der Waals surface area contributed by atoms with Crippen LogP contribution in [0, 0.1) is 6.92 Å². The van der Waals surface area contributed by atoms with E-state index in [1.54, 1.807) is 34.9 Å². The van der Waals surface area contributed by atoms with Gasteiger partial charge in [0.25, 0.3) is 0 Å². The van der Waals surface area contributed by atoms with Crippen molar-refractivity contribution in [3.05, 3.63) is 29.3 Å². The first-order valence-corrected chi connectivity index (χ1v) is 9.32. The minimum absolute atomic E-state index is 0.510. The summed E-state index contributed by atoms with van der Waals surface area (Å²) in [6, 6.07) is 7.11. The second kappa shape index (κ2) is 7.45. The lowest BCUT2D eigenvalue weighted by Crippen LogP contribution is -2.21. The molecule has 0 fully saturated rings. The Morgan fingerprint density at radius 2 is 2.00 bits per heavy atom. The Hall–Kier alpha value is -0.560. The summed E-state index contributed by atoms with van der Waals surface area (Å²) in [4.78, 5) is 1.25. The number of benzene rings is 1. The Bertz CT molecular complexity index is 567. The average molecular weight is 326 g/mol. The van der Waals surface area contributed by atoms with Crippen LogP contribution in [0.5, 0.6) is 0 Å². The van der Waals surface area contributed by atoms with Crippen molar-refractivity contribution in [2.24, 2.45) is 0 Å². The van der Waals surface area contributed by atoms with Gasteiger partial charge in [-0.25, -0.2) is 0 Å². The van der Waals surface area contributed by atoms with Crippen molar-refractivity contribution in [2.45, 2.75) is 46.9 Å². The van der Waals surface area contributed by atoms with E-state index < -0.39 is 0 Å². The van der Waals surface area contributed by atoms with Crippen LogP contribution >= 0.6 is 34.9 Å². The quantitative estimate of drug-likeness (QED) is 0.805. The van der Waals surface area contributed by atoms with Crippen LogP contribution in [-0.4, -0.2) is 22.5 Å². The molecule has 108 valence electrons. The monoisotopic (exact) mass is 325 g/mol. The standard InChI is InChI=1S/C14H19N3S3/c1-9(2)15-8-11-5-6-12(10(3)7-11)19-14-17-16-13(18-4)20-14/h5-7,9,15H,8H2,1-4H3. The van der Waals surface area contributed by atoms with Crippen molar-refractivity contribution in [3.63, 3.8) is 0 Å². The SMILES string of the molecule is CSc1nnc(Sc2ccc(CNC(C)C)cc2C)s1. The lowest BCUT2D eigenvalue weighted by molar-refractivity contribution is 0.588. The Morgan fingerprint density at radius 1 is 1.25 bits per heavy atom. The predicted octanol–water partition coefficient (Wildman–Crippen LogP) is 4.22. The number of nitrogens with one attached hydrogen (secondary N) is 1. The van der Waals surface area contributed by atoms with Gasteiger partial charge in [0.1, 0.15) is 0 Å². The van der Waals surface area contributed by atoms with Crippen molar-refractivity contribution in [1.82, 2.24) is 15.5 Å². The largest absolute Gasteiger partial charge is 0.310 e. The molecule has 1 aromatic heterocycles. The maximum absolute atomic E-state index is 4.20. The van der Waals surface area contributed by atoms with Crippen LogP contribution in [0.2, 0.25) is 0 Å². The highest BCUT2D eigenvalue weighted by Gasteiger charge is 2.08. The minimum atomic E-state index is 0.510. The van der Waals surface area contributed by atoms with Gasteiger partial charge in [0.2, 0.25) is 0 Å². The van der Waals surface area contributed by atoms with Crippen molar-refractivity contribution < 1.29 is 0 Å². The molecule has 20 heavy (non-hydrogen) atoms. The van der Waals surface area contributed by atoms with Crippen LogP contribution in [0.25, 0.3) is 0 Å². The second-order valence-corrected chi connectivity index (χ2v) is 8.10. The topological polar surface area (TPSA) is 37.8 Å². The molecule has 2 rings (SSSR count). The van der Waals surface area contributed by atoms with Crippen molar-refractivity contribution in [1.29, 1.82) is 0 Å². The molecule has 1 heterocycles. The van der Waals surface area contributed by atoms with E-state index in [9.17, 15) is 0 Å². The maximum Gasteiger partial charge on any atom is 0.179 e. The molecule has 1 aromatic carbocycles. The molecule has 0 saturated heterocycles. The molecule has 2 aromatic rings. The normalized spacial score (nSPS) is 11.2. The predicted molar refractivity (Wildman–Crippen MR) is 89.0 cm³/mol. The first-order chi connectivity index (χ1) is 9.58. The van der Waals surface area contributed by atoms with Gasteiger partial charge in [-0.05, 0) is 30.4 Å². The summed E-state index contributed by atoms with van der Waals surface area (Å²) in [5, 5.41) is 11.8. The Balaban J connectivity index is 2.05. The number of rotatable bonds is 6. The van der Waals surface area contributed by atoms with Gasteiger partial charge in [0.15, 0.2) is 8.68 Å². The van der Waals surface area contributed by atoms with E-state index in [1.165, 1.54) is 16.0 Å². The fourth-order valence-electron chi connectivity index (χ4n) is 1.67. The minimum Gasteiger partial charge on any atom is -0.310 e. The lowest BCUT2D eigenvalue weighted by Gasteiger charge is -2.10. The van der Waals surface area contributed by atoms with Crippen LogP contribution in [-0.2, 0) is 6.54 Å². The van der Waals surface area contributed by atoms with Crippen molar-refractivity contribution >= 4 is 34.9 Å². The van der Waals surface area contributed by atoms with E-state index in [0.717, 1.165) is 15.2 Å². The van der Waals surface area contributed by atoms with Crippen LogP contribution in [0.4, 0.5) is 0 Å². The third-order valence-electron chi connectivity index (χ3n) is 2.71. The summed E-state index contributed by atoms with van der Waals surface area (Å²) in [6.45, 7) is 7.39. The molecule has 0 saturated carbocycles. The lowest BCUT2D eigenvalue weighted by atomic mass is 10.1. The van der Waals surface area contributed by atoms with Gasteiger partial charge in [0, 0.05) is 17.5 Å². The second-order valence-electron chi connectivity index (χ2n) is 4.78. The molecule has 0 aliphatic rings. The molecule has 0 radical (unpaired) electrons. The van der Waals surface area contributed by atoms with Gasteiger partial charge in [-0.3, -0.25) is 0 Å². The summed E-state index contributed by atoms with van der Waals surface area (Å²) < 4.78 is 2.02. The zero-order chi connectivity index (χ0) is 14.5. The van der Waals surface area contributed by atoms with Crippen LogP contribution < -0.4 is 5.32 Å². The van der Waals surface area contributed by atoms with Crippen molar-refractivity contribution in [2.75, 3.05) is 6.26 Å². The van der Waals surface area contributed by atoms with Gasteiger partial charge in [-0.1, -0.05) is 60.8 Å². The first kappa shape index (κ1) is 15.8. The highest BCUT2D eigenvalue weighted by Crippen LogP contribution is 2.34. The molecular formula is C14H19N3S3. The van der Waals surface area contributed by atoms with Crippen LogP contribution in [0.3, 0.4) is 0 Å². The molecule has 0 amide bonds. The molecule has 6 heteroatoms. The Morgan fingerprint density at radius 3 is 2.60 bits per heavy atom. The van der Waals surface area contributed by atoms with E-state index in [4.69, 9.17) is 0 Å². The number of aryl methyl sites for hydroxylation is 1. The van der Waals surface area contributed by atoms with E-state index >= 15 is 0 Å². The fraction of sp³-hybridized carbons (Fsp3) is 0.429. The van der Waals surface area contributed by atoms with E-state index in [-0.39, 0.29) is 0 Å². The Labute approximate surface area is 133 Å². The van der Waals surface area contributed by atoms with Gasteiger partial charge in [-0.2, -0.15) is 0 Å². The molecule has 0 spiro atoms. The van der Waals surface area contributed by atoms with E-state index in [1.807, 2.05) is 6.26 Å². The highest BCUT2D eigenvalue weighted by atomic mass is 32.2. The summed E-state index contributed by atoms with van der Waals surface area (Å²) in [5.41, 5.74) is 2.61. The summed E-state index contributed by atoms with van der Waals surface area (Å²) in [6.07, 6.45) is 2.02. The maximum atomic E-state index is 4.20. The first-order valence-electron chi connectivity index (χ1n) is 6.46.